The summed E-state index contributed by atoms with van der Waals surface area (Å²) in [6.07, 6.45) is 4.88. The van der Waals surface area contributed by atoms with Crippen LogP contribution in [0.4, 0.5) is 0 Å². The highest BCUT2D eigenvalue weighted by atomic mass is 16.3. The van der Waals surface area contributed by atoms with E-state index < -0.39 is 0 Å². The van der Waals surface area contributed by atoms with Crippen LogP contribution in [-0.2, 0) is 0 Å². The van der Waals surface area contributed by atoms with Crippen molar-refractivity contribution in [3.8, 4) is 5.75 Å². The highest BCUT2D eigenvalue weighted by Gasteiger charge is 2.15. The van der Waals surface area contributed by atoms with Crippen molar-refractivity contribution in [2.24, 2.45) is 0 Å². The van der Waals surface area contributed by atoms with Crippen molar-refractivity contribution in [3.63, 3.8) is 0 Å². The Kier molecular flexibility index (Phi) is 3.93. The fraction of sp³-hybridized carbons (Fsp3) is 0.250. The molecule has 2 aromatic heterocycles. The van der Waals surface area contributed by atoms with E-state index in [2.05, 4.69) is 39.5 Å². The molecule has 0 fully saturated rings. The van der Waals surface area contributed by atoms with E-state index in [9.17, 15) is 5.11 Å². The van der Waals surface area contributed by atoms with Crippen molar-refractivity contribution >= 4 is 32.6 Å². The maximum Gasteiger partial charge on any atom is 0.116 e. The number of rotatable bonds is 5. The molecule has 0 saturated heterocycles. The lowest BCUT2D eigenvalue weighted by molar-refractivity contribution is 0.476. The van der Waals surface area contributed by atoms with Crippen molar-refractivity contribution in [1.82, 2.24) is 15.0 Å². The van der Waals surface area contributed by atoms with E-state index in [0.717, 1.165) is 52.3 Å². The minimum atomic E-state index is 0.287. The molecule has 0 radical (unpaired) electrons. The van der Waals surface area contributed by atoms with E-state index >= 15 is 0 Å². The van der Waals surface area contributed by atoms with Gasteiger partial charge in [-0.2, -0.15) is 0 Å². The summed E-state index contributed by atoms with van der Waals surface area (Å²) in [7, 11) is 1.97. The Labute approximate surface area is 146 Å². The maximum atomic E-state index is 9.80. The van der Waals surface area contributed by atoms with Crippen LogP contribution < -0.4 is 10.7 Å². The first-order valence-electron chi connectivity index (χ1n) is 8.59. The standard InChI is InChI=1S/C20H22N4O/c1-13-11-22-12-17-19-16-6-5-15(25)10-14(16)4-7-18(19)24(20(13)17)23-9-3-8-21-2/h4-7,10-12,21,23,25H,3,8-9H2,1-2H3. The highest BCUT2D eigenvalue weighted by Crippen LogP contribution is 2.35. The van der Waals surface area contributed by atoms with Crippen LogP contribution in [0.25, 0.3) is 32.6 Å². The van der Waals surface area contributed by atoms with Gasteiger partial charge in [0.1, 0.15) is 5.75 Å². The Morgan fingerprint density at radius 3 is 2.80 bits per heavy atom. The second kappa shape index (κ2) is 6.26. The number of benzene rings is 2. The van der Waals surface area contributed by atoms with E-state index in [-0.39, 0.29) is 5.75 Å². The number of pyridine rings is 1. The summed E-state index contributed by atoms with van der Waals surface area (Å²) >= 11 is 0. The van der Waals surface area contributed by atoms with Crippen LogP contribution in [-0.4, -0.2) is 34.9 Å². The zero-order valence-corrected chi connectivity index (χ0v) is 14.5. The van der Waals surface area contributed by atoms with Crippen molar-refractivity contribution in [3.05, 3.63) is 48.3 Å². The quantitative estimate of drug-likeness (QED) is 0.489. The van der Waals surface area contributed by atoms with Gasteiger partial charge in [-0.3, -0.25) is 9.66 Å². The molecule has 0 amide bonds. The number of nitrogens with one attached hydrogen (secondary N) is 2. The zero-order valence-electron chi connectivity index (χ0n) is 14.5. The number of aromatic hydroxyl groups is 1. The fourth-order valence-electron chi connectivity index (χ4n) is 3.55. The van der Waals surface area contributed by atoms with E-state index in [1.807, 2.05) is 31.6 Å². The molecule has 0 aliphatic carbocycles. The monoisotopic (exact) mass is 334 g/mol. The molecule has 0 atom stereocenters. The molecule has 0 bridgehead atoms. The lowest BCUT2D eigenvalue weighted by Crippen LogP contribution is -2.19. The lowest BCUT2D eigenvalue weighted by atomic mass is 10.0. The highest BCUT2D eigenvalue weighted by molar-refractivity contribution is 6.21. The first-order chi connectivity index (χ1) is 12.2. The largest absolute Gasteiger partial charge is 0.508 e. The Morgan fingerprint density at radius 1 is 1.08 bits per heavy atom. The van der Waals surface area contributed by atoms with E-state index in [1.165, 1.54) is 5.39 Å². The summed E-state index contributed by atoms with van der Waals surface area (Å²) in [6.45, 7) is 3.95. The number of aryl methyl sites for hydroxylation is 1. The summed E-state index contributed by atoms with van der Waals surface area (Å²) in [6, 6.07) is 9.71. The smallest absolute Gasteiger partial charge is 0.116 e. The number of fused-ring (bicyclic) bond motifs is 5. The molecule has 0 spiro atoms. The topological polar surface area (TPSA) is 62.1 Å². The molecule has 0 saturated carbocycles. The second-order valence-electron chi connectivity index (χ2n) is 6.42. The number of phenols is 1. The van der Waals surface area contributed by atoms with Gasteiger partial charge in [-0.05, 0) is 61.5 Å². The van der Waals surface area contributed by atoms with Gasteiger partial charge in [0.15, 0.2) is 0 Å². The molecular weight excluding hydrogens is 312 g/mol. The lowest BCUT2D eigenvalue weighted by Gasteiger charge is -2.12. The number of hydrogen-bond acceptors (Lipinski definition) is 4. The van der Waals surface area contributed by atoms with Crippen molar-refractivity contribution in [1.29, 1.82) is 0 Å². The van der Waals surface area contributed by atoms with Crippen molar-refractivity contribution in [2.75, 3.05) is 25.6 Å². The van der Waals surface area contributed by atoms with Gasteiger partial charge in [0.05, 0.1) is 11.0 Å². The van der Waals surface area contributed by atoms with Gasteiger partial charge >= 0.3 is 0 Å². The Morgan fingerprint density at radius 2 is 1.96 bits per heavy atom. The minimum absolute atomic E-state index is 0.287. The Hall–Kier alpha value is -2.79. The van der Waals surface area contributed by atoms with Crippen LogP contribution in [0.3, 0.4) is 0 Å². The number of aromatic nitrogens is 2. The van der Waals surface area contributed by atoms with Crippen LogP contribution in [0, 0.1) is 6.92 Å². The molecule has 0 aliphatic rings. The first-order valence-corrected chi connectivity index (χ1v) is 8.59. The molecular formula is C20H22N4O. The first kappa shape index (κ1) is 15.7. The molecule has 2 aromatic carbocycles. The van der Waals surface area contributed by atoms with Crippen LogP contribution in [0.15, 0.2) is 42.7 Å². The normalized spacial score (nSPS) is 11.6. The molecule has 25 heavy (non-hydrogen) atoms. The predicted octanol–water partition coefficient (Wildman–Crippen LogP) is 3.51. The van der Waals surface area contributed by atoms with Gasteiger partial charge in [-0.1, -0.05) is 12.1 Å². The van der Waals surface area contributed by atoms with Gasteiger partial charge in [0.2, 0.25) is 0 Å². The average molecular weight is 334 g/mol. The predicted molar refractivity (Wildman–Crippen MR) is 104 cm³/mol. The third-order valence-corrected chi connectivity index (χ3v) is 4.69. The van der Waals surface area contributed by atoms with Crippen LogP contribution in [0.2, 0.25) is 0 Å². The summed E-state index contributed by atoms with van der Waals surface area (Å²) in [5.74, 6) is 0.287. The molecule has 0 unspecified atom stereocenters. The summed E-state index contributed by atoms with van der Waals surface area (Å²) < 4.78 is 2.18. The third kappa shape index (κ3) is 2.57. The molecule has 2 heterocycles. The van der Waals surface area contributed by atoms with Gasteiger partial charge in [0, 0.05) is 29.7 Å². The fourth-order valence-corrected chi connectivity index (χ4v) is 3.55. The molecule has 5 nitrogen and oxygen atoms in total. The Bertz CT molecular complexity index is 1070. The summed E-state index contributed by atoms with van der Waals surface area (Å²) in [4.78, 5) is 4.41. The molecule has 4 aromatic rings. The summed E-state index contributed by atoms with van der Waals surface area (Å²) in [5.41, 5.74) is 7.00. The third-order valence-electron chi connectivity index (χ3n) is 4.69. The number of phenolic OH excluding ortho intramolecular Hbond substituents is 1. The summed E-state index contributed by atoms with van der Waals surface area (Å²) in [5, 5.41) is 17.4. The minimum Gasteiger partial charge on any atom is -0.508 e. The molecule has 4 rings (SSSR count). The Balaban J connectivity index is 2.00. The molecule has 5 heteroatoms. The van der Waals surface area contributed by atoms with Crippen molar-refractivity contribution in [2.45, 2.75) is 13.3 Å². The van der Waals surface area contributed by atoms with E-state index in [1.54, 1.807) is 6.07 Å². The van der Waals surface area contributed by atoms with E-state index in [0.29, 0.717) is 0 Å². The average Bonchev–Trinajstić information content (AvgIpc) is 2.94. The van der Waals surface area contributed by atoms with Gasteiger partial charge in [-0.15, -0.1) is 0 Å². The van der Waals surface area contributed by atoms with Gasteiger partial charge in [0.25, 0.3) is 0 Å². The van der Waals surface area contributed by atoms with Crippen LogP contribution >= 0.6 is 0 Å². The zero-order chi connectivity index (χ0) is 17.4. The molecule has 0 aliphatic heterocycles. The number of hydrogen-bond donors (Lipinski definition) is 3. The SMILES string of the molecule is CNCCCNn1c2ccc3cc(O)ccc3c2c2cncc(C)c21. The molecule has 128 valence electrons. The van der Waals surface area contributed by atoms with E-state index in [4.69, 9.17) is 0 Å². The maximum absolute atomic E-state index is 9.80. The van der Waals surface area contributed by atoms with Crippen molar-refractivity contribution < 1.29 is 5.11 Å². The van der Waals surface area contributed by atoms with Gasteiger partial charge < -0.3 is 15.8 Å². The second-order valence-corrected chi connectivity index (χ2v) is 6.42. The van der Waals surface area contributed by atoms with Gasteiger partial charge in [-0.25, -0.2) is 0 Å². The molecule has 3 N–H and O–H groups in total. The van der Waals surface area contributed by atoms with Crippen LogP contribution in [0.1, 0.15) is 12.0 Å². The number of nitrogens with zero attached hydrogens (tertiary/aromatic N) is 2. The van der Waals surface area contributed by atoms with Crippen LogP contribution in [0.5, 0.6) is 5.75 Å².